The summed E-state index contributed by atoms with van der Waals surface area (Å²) in [6, 6.07) is 0. The van der Waals surface area contributed by atoms with E-state index in [0.29, 0.717) is 17.8 Å². The highest BCUT2D eigenvalue weighted by atomic mass is 32.2. The lowest BCUT2D eigenvalue weighted by Crippen LogP contribution is -2.43. The quantitative estimate of drug-likeness (QED) is 0.489. The molecule has 2 nitrogen and oxygen atoms in total. The fourth-order valence-corrected chi connectivity index (χ4v) is 6.13. The summed E-state index contributed by atoms with van der Waals surface area (Å²) in [5.41, 5.74) is 2.77. The molecular weight excluding hydrogens is 324 g/mol. The minimum absolute atomic E-state index is 0.00611. The molecule has 0 aromatic rings. The predicted molar refractivity (Wildman–Crippen MR) is 103 cm³/mol. The monoisotopic (exact) mass is 356 g/mol. The van der Waals surface area contributed by atoms with E-state index in [4.69, 9.17) is 4.74 Å². The Morgan fingerprint density at radius 1 is 1.30 bits per heavy atom. The smallest absolute Gasteiger partial charge is 0.333 e. The van der Waals surface area contributed by atoms with Crippen LogP contribution in [0.4, 0.5) is 0 Å². The Bertz CT molecular complexity index is 472. The fourth-order valence-electron chi connectivity index (χ4n) is 3.72. The summed E-state index contributed by atoms with van der Waals surface area (Å²) in [5.74, 6) is 2.70. The first kappa shape index (κ1) is 19.2. The molecule has 2 rings (SSSR count). The van der Waals surface area contributed by atoms with Crippen LogP contribution in [0.1, 0.15) is 60.3 Å². The summed E-state index contributed by atoms with van der Waals surface area (Å²) in [5, 5.41) is 0. The van der Waals surface area contributed by atoms with Crippen LogP contribution >= 0.6 is 23.5 Å². The molecule has 4 heteroatoms. The molecule has 0 spiro atoms. The molecule has 0 radical (unpaired) electrons. The van der Waals surface area contributed by atoms with E-state index < -0.39 is 4.08 Å². The number of ether oxygens (including phenoxy) is 1. The minimum Gasteiger partial charge on any atom is -0.460 e. The van der Waals surface area contributed by atoms with Gasteiger partial charge in [0.2, 0.25) is 0 Å². The molecule has 1 aliphatic carbocycles. The van der Waals surface area contributed by atoms with E-state index in [1.165, 1.54) is 24.0 Å². The van der Waals surface area contributed by atoms with Crippen LogP contribution in [-0.4, -0.2) is 28.2 Å². The molecule has 0 bridgehead atoms. The molecule has 1 saturated carbocycles. The number of hydrogen-bond acceptors (Lipinski definition) is 4. The molecular formula is C19H32O2S2. The summed E-state index contributed by atoms with van der Waals surface area (Å²) in [4.78, 5) is 13.1. The maximum atomic E-state index is 13.1. The van der Waals surface area contributed by atoms with Crippen molar-refractivity contribution in [3.8, 4) is 0 Å². The number of carbonyl (C=O) groups excluding carboxylic acids is 1. The molecule has 0 aromatic carbocycles. The Hall–Kier alpha value is -0.0900. The van der Waals surface area contributed by atoms with Crippen molar-refractivity contribution in [3.05, 3.63) is 11.1 Å². The second-order valence-electron chi connectivity index (χ2n) is 7.75. The van der Waals surface area contributed by atoms with Crippen LogP contribution in [0.2, 0.25) is 0 Å². The number of carbonyl (C=O) groups is 1. The Morgan fingerprint density at radius 3 is 2.57 bits per heavy atom. The van der Waals surface area contributed by atoms with E-state index in [1.54, 1.807) is 23.5 Å². The van der Waals surface area contributed by atoms with Gasteiger partial charge in [-0.05, 0) is 50.7 Å². The first-order chi connectivity index (χ1) is 10.8. The van der Waals surface area contributed by atoms with Crippen LogP contribution in [0.5, 0.6) is 0 Å². The van der Waals surface area contributed by atoms with Gasteiger partial charge in [-0.2, -0.15) is 0 Å². The summed E-state index contributed by atoms with van der Waals surface area (Å²) in [6.07, 6.45) is 6.44. The standard InChI is InChI=1S/C19H32O2S2/c1-12(2)16-8-7-13(3)9-17(16)21-18(20)19(22-6)10-14(4)15(5)11-23-19/h12-13,16-17H,7-11H2,1-6H3/t13-,16+,17+,19+/m1/s1. The molecule has 132 valence electrons. The lowest BCUT2D eigenvalue weighted by Gasteiger charge is -2.40. The van der Waals surface area contributed by atoms with Crippen LogP contribution in [0.15, 0.2) is 11.1 Å². The molecule has 1 fully saturated rings. The maximum Gasteiger partial charge on any atom is 0.333 e. The lowest BCUT2D eigenvalue weighted by molar-refractivity contribution is -0.156. The van der Waals surface area contributed by atoms with Crippen molar-refractivity contribution < 1.29 is 9.53 Å². The van der Waals surface area contributed by atoms with E-state index >= 15 is 0 Å². The van der Waals surface area contributed by atoms with Crippen molar-refractivity contribution in [2.24, 2.45) is 17.8 Å². The third-order valence-corrected chi connectivity index (χ3v) is 8.79. The zero-order valence-electron chi connectivity index (χ0n) is 15.5. The Balaban J connectivity index is 2.12. The Kier molecular flexibility index (Phi) is 6.57. The van der Waals surface area contributed by atoms with Gasteiger partial charge in [-0.15, -0.1) is 23.5 Å². The van der Waals surface area contributed by atoms with Gasteiger partial charge >= 0.3 is 5.97 Å². The van der Waals surface area contributed by atoms with Crippen molar-refractivity contribution in [3.63, 3.8) is 0 Å². The maximum absolute atomic E-state index is 13.1. The van der Waals surface area contributed by atoms with Gasteiger partial charge < -0.3 is 4.74 Å². The van der Waals surface area contributed by atoms with Gasteiger partial charge in [0.15, 0.2) is 4.08 Å². The van der Waals surface area contributed by atoms with Gasteiger partial charge in [0.05, 0.1) is 0 Å². The SMILES string of the molecule is CS[C@@]1(C(=O)O[C@H]2C[C@H](C)CC[C@H]2C(C)C)CC(C)=C(C)CS1. The van der Waals surface area contributed by atoms with E-state index in [9.17, 15) is 4.79 Å². The van der Waals surface area contributed by atoms with Gasteiger partial charge in [-0.1, -0.05) is 38.3 Å². The van der Waals surface area contributed by atoms with Gasteiger partial charge in [0.1, 0.15) is 6.10 Å². The van der Waals surface area contributed by atoms with Crippen molar-refractivity contribution in [1.82, 2.24) is 0 Å². The molecule has 0 saturated heterocycles. The average molecular weight is 357 g/mol. The Morgan fingerprint density at radius 2 is 2.00 bits per heavy atom. The average Bonchev–Trinajstić information content (AvgIpc) is 2.50. The fraction of sp³-hybridized carbons (Fsp3) is 0.842. The second kappa shape index (κ2) is 7.86. The number of rotatable bonds is 4. The van der Waals surface area contributed by atoms with Gasteiger partial charge in [0, 0.05) is 12.2 Å². The molecule has 23 heavy (non-hydrogen) atoms. The molecule has 0 unspecified atom stereocenters. The van der Waals surface area contributed by atoms with E-state index in [-0.39, 0.29) is 12.1 Å². The normalized spacial score (nSPS) is 35.5. The zero-order chi connectivity index (χ0) is 17.2. The first-order valence-electron chi connectivity index (χ1n) is 8.84. The molecule has 0 amide bonds. The number of esters is 1. The van der Waals surface area contributed by atoms with Gasteiger partial charge in [0.25, 0.3) is 0 Å². The summed E-state index contributed by atoms with van der Waals surface area (Å²) in [7, 11) is 0. The summed E-state index contributed by atoms with van der Waals surface area (Å²) >= 11 is 3.42. The highest BCUT2D eigenvalue weighted by Gasteiger charge is 2.45. The molecule has 2 aliphatic rings. The predicted octanol–water partition coefficient (Wildman–Crippen LogP) is 5.52. The van der Waals surface area contributed by atoms with E-state index in [2.05, 4.69) is 34.6 Å². The first-order valence-corrected chi connectivity index (χ1v) is 11.1. The van der Waals surface area contributed by atoms with Crippen molar-refractivity contribution in [2.45, 2.75) is 70.5 Å². The molecule has 1 aliphatic heterocycles. The third-order valence-electron chi connectivity index (χ3n) is 5.61. The topological polar surface area (TPSA) is 26.3 Å². The van der Waals surface area contributed by atoms with Crippen LogP contribution in [-0.2, 0) is 9.53 Å². The molecule has 1 heterocycles. The summed E-state index contributed by atoms with van der Waals surface area (Å²) in [6.45, 7) is 11.1. The van der Waals surface area contributed by atoms with Gasteiger partial charge in [-0.3, -0.25) is 0 Å². The van der Waals surface area contributed by atoms with Crippen molar-refractivity contribution >= 4 is 29.5 Å². The minimum atomic E-state index is -0.439. The van der Waals surface area contributed by atoms with Crippen LogP contribution in [0.25, 0.3) is 0 Å². The van der Waals surface area contributed by atoms with Crippen LogP contribution < -0.4 is 0 Å². The highest BCUT2D eigenvalue weighted by molar-refractivity contribution is 8.19. The summed E-state index contributed by atoms with van der Waals surface area (Å²) < 4.78 is 5.71. The third kappa shape index (κ3) is 4.31. The molecule has 0 aromatic heterocycles. The number of thioether (sulfide) groups is 2. The molecule has 4 atom stereocenters. The van der Waals surface area contributed by atoms with Crippen LogP contribution in [0, 0.1) is 17.8 Å². The number of allylic oxidation sites excluding steroid dienone is 1. The van der Waals surface area contributed by atoms with Crippen LogP contribution in [0.3, 0.4) is 0 Å². The van der Waals surface area contributed by atoms with Gasteiger partial charge in [-0.25, -0.2) is 4.79 Å². The lowest BCUT2D eigenvalue weighted by atomic mass is 9.75. The Labute approximate surface area is 150 Å². The molecule has 0 N–H and O–H groups in total. The van der Waals surface area contributed by atoms with Crippen molar-refractivity contribution in [1.29, 1.82) is 0 Å². The number of hydrogen-bond donors (Lipinski definition) is 0. The van der Waals surface area contributed by atoms with E-state index in [0.717, 1.165) is 18.6 Å². The zero-order valence-corrected chi connectivity index (χ0v) is 17.1. The van der Waals surface area contributed by atoms with Crippen molar-refractivity contribution in [2.75, 3.05) is 12.0 Å². The van der Waals surface area contributed by atoms with E-state index in [1.807, 2.05) is 6.26 Å². The largest absolute Gasteiger partial charge is 0.460 e. The second-order valence-corrected chi connectivity index (χ2v) is 10.4. The highest BCUT2D eigenvalue weighted by Crippen LogP contribution is 2.48.